The van der Waals surface area contributed by atoms with Gasteiger partial charge < -0.3 is 21.3 Å². The van der Waals surface area contributed by atoms with Crippen LogP contribution in [0, 0.1) is 5.92 Å². The third-order valence-corrected chi connectivity index (χ3v) is 9.40. The molecular formula is C28H39IN8O3. The first kappa shape index (κ1) is 29.0. The molecule has 1 saturated carbocycles. The molecule has 1 aliphatic heterocycles. The molecular weight excluding hydrogens is 623 g/mol. The summed E-state index contributed by atoms with van der Waals surface area (Å²) in [5.41, 5.74) is 13.8. The maximum absolute atomic E-state index is 12.9. The SMILES string of the molecule is CC(C)(N)C(=O)N1CCN(C(=O)Nc2ccn(-c3ccc4c(c3)CCC(N(I)CC3CC(N)C3)C4)c(=O)n2)CC1. The second kappa shape index (κ2) is 11.7. The molecule has 1 aromatic heterocycles. The van der Waals surface area contributed by atoms with Crippen molar-refractivity contribution in [3.63, 3.8) is 0 Å². The Morgan fingerprint density at radius 1 is 1.12 bits per heavy atom. The Balaban J connectivity index is 1.17. The van der Waals surface area contributed by atoms with Crippen molar-refractivity contribution in [1.29, 1.82) is 0 Å². The van der Waals surface area contributed by atoms with Crippen molar-refractivity contribution < 1.29 is 9.59 Å². The lowest BCUT2D eigenvalue weighted by Gasteiger charge is -2.38. The fourth-order valence-electron chi connectivity index (χ4n) is 5.82. The quantitative estimate of drug-likeness (QED) is 0.317. The molecule has 1 aromatic carbocycles. The summed E-state index contributed by atoms with van der Waals surface area (Å²) in [6, 6.07) is 8.35. The number of hydrogen-bond acceptors (Lipinski definition) is 7. The smallest absolute Gasteiger partial charge is 0.338 e. The number of benzene rings is 1. The number of rotatable bonds is 6. The molecule has 2 heterocycles. The zero-order chi connectivity index (χ0) is 28.6. The van der Waals surface area contributed by atoms with Crippen LogP contribution in [0.4, 0.5) is 10.6 Å². The maximum Gasteiger partial charge on any atom is 0.354 e. The normalized spacial score (nSPS) is 23.0. The number of carbonyl (C=O) groups is 2. The van der Waals surface area contributed by atoms with Crippen LogP contribution in [0.15, 0.2) is 35.3 Å². The van der Waals surface area contributed by atoms with Gasteiger partial charge in [0.25, 0.3) is 0 Å². The number of piperazine rings is 1. The monoisotopic (exact) mass is 662 g/mol. The summed E-state index contributed by atoms with van der Waals surface area (Å²) >= 11 is 2.48. The van der Waals surface area contributed by atoms with Crippen LogP contribution in [0.25, 0.3) is 5.69 Å². The summed E-state index contributed by atoms with van der Waals surface area (Å²) in [5.74, 6) is 0.775. The zero-order valence-corrected chi connectivity index (χ0v) is 25.3. The van der Waals surface area contributed by atoms with Crippen LogP contribution in [0.5, 0.6) is 0 Å². The van der Waals surface area contributed by atoms with E-state index in [0.717, 1.165) is 44.3 Å². The first-order valence-electron chi connectivity index (χ1n) is 14.0. The van der Waals surface area contributed by atoms with Crippen LogP contribution in [-0.2, 0) is 17.6 Å². The van der Waals surface area contributed by atoms with E-state index in [-0.39, 0.29) is 17.8 Å². The highest BCUT2D eigenvalue weighted by Gasteiger charge is 2.32. The summed E-state index contributed by atoms with van der Waals surface area (Å²) in [5, 5.41) is 2.72. The fraction of sp³-hybridized carbons (Fsp3) is 0.571. The molecule has 3 amide bonds. The van der Waals surface area contributed by atoms with Gasteiger partial charge in [0.2, 0.25) is 5.91 Å². The van der Waals surface area contributed by atoms with Crippen molar-refractivity contribution in [2.45, 2.75) is 63.6 Å². The summed E-state index contributed by atoms with van der Waals surface area (Å²) < 4.78 is 3.97. The number of carbonyl (C=O) groups excluding carboxylic acids is 2. The Labute approximate surface area is 248 Å². The zero-order valence-electron chi connectivity index (χ0n) is 23.2. The molecule has 3 aliphatic rings. The van der Waals surface area contributed by atoms with E-state index in [1.54, 1.807) is 35.9 Å². The highest BCUT2D eigenvalue weighted by molar-refractivity contribution is 14.1. The summed E-state index contributed by atoms with van der Waals surface area (Å²) in [4.78, 5) is 45.4. The van der Waals surface area contributed by atoms with E-state index in [1.165, 1.54) is 15.7 Å². The van der Waals surface area contributed by atoms with Gasteiger partial charge in [-0.15, -0.1) is 0 Å². The Morgan fingerprint density at radius 2 is 1.82 bits per heavy atom. The van der Waals surface area contributed by atoms with Gasteiger partial charge in [0.15, 0.2) is 0 Å². The summed E-state index contributed by atoms with van der Waals surface area (Å²) in [6.45, 7) is 6.02. The Bertz CT molecular complexity index is 1310. The number of nitrogens with one attached hydrogen (secondary N) is 1. The molecule has 216 valence electrons. The van der Waals surface area contributed by atoms with Gasteiger partial charge in [-0.05, 0) is 81.2 Å². The molecule has 2 aliphatic carbocycles. The predicted octanol–water partition coefficient (Wildman–Crippen LogP) is 1.89. The first-order valence-corrected chi connectivity index (χ1v) is 15.0. The minimum absolute atomic E-state index is 0.138. The van der Waals surface area contributed by atoms with E-state index in [2.05, 4.69) is 48.4 Å². The van der Waals surface area contributed by atoms with E-state index in [4.69, 9.17) is 11.5 Å². The Hall–Kier alpha value is -2.55. The molecule has 5 N–H and O–H groups in total. The van der Waals surface area contributed by atoms with Crippen LogP contribution >= 0.6 is 22.9 Å². The van der Waals surface area contributed by atoms with Gasteiger partial charge in [-0.25, -0.2) is 12.7 Å². The number of amides is 3. The molecule has 2 fully saturated rings. The minimum atomic E-state index is -0.945. The second-order valence-corrected chi connectivity index (χ2v) is 13.2. The molecule has 11 nitrogen and oxygen atoms in total. The fourth-order valence-corrected chi connectivity index (χ4v) is 6.85. The molecule has 1 atom stereocenters. The maximum atomic E-state index is 12.9. The van der Waals surface area contributed by atoms with Crippen LogP contribution in [-0.4, -0.2) is 84.7 Å². The van der Waals surface area contributed by atoms with E-state index >= 15 is 0 Å². The van der Waals surface area contributed by atoms with Crippen LogP contribution in [0.1, 0.15) is 44.2 Å². The van der Waals surface area contributed by atoms with Gasteiger partial charge in [-0.3, -0.25) is 14.7 Å². The highest BCUT2D eigenvalue weighted by atomic mass is 127. The average Bonchev–Trinajstić information content (AvgIpc) is 2.91. The number of fused-ring (bicyclic) bond motifs is 1. The highest BCUT2D eigenvalue weighted by Crippen LogP contribution is 2.32. The predicted molar refractivity (Wildman–Crippen MR) is 163 cm³/mol. The van der Waals surface area contributed by atoms with E-state index in [9.17, 15) is 14.4 Å². The van der Waals surface area contributed by atoms with Crippen molar-refractivity contribution in [2.24, 2.45) is 17.4 Å². The number of aromatic nitrogens is 2. The number of aryl methyl sites for hydroxylation is 1. The van der Waals surface area contributed by atoms with Crippen molar-refractivity contribution in [2.75, 3.05) is 38.0 Å². The van der Waals surface area contributed by atoms with E-state index in [0.29, 0.717) is 44.2 Å². The molecule has 0 spiro atoms. The van der Waals surface area contributed by atoms with Crippen molar-refractivity contribution in [3.05, 3.63) is 52.1 Å². The molecule has 2 aromatic rings. The first-order chi connectivity index (χ1) is 19.0. The topological polar surface area (TPSA) is 143 Å². The van der Waals surface area contributed by atoms with Gasteiger partial charge in [-0.2, -0.15) is 4.98 Å². The molecule has 1 saturated heterocycles. The molecule has 0 radical (unpaired) electrons. The number of hydrogen-bond donors (Lipinski definition) is 3. The van der Waals surface area contributed by atoms with E-state index < -0.39 is 11.2 Å². The Morgan fingerprint density at radius 3 is 2.48 bits per heavy atom. The number of anilines is 1. The van der Waals surface area contributed by atoms with Gasteiger partial charge in [-0.1, -0.05) is 6.07 Å². The number of nitrogens with zero attached hydrogens (tertiary/aromatic N) is 5. The van der Waals surface area contributed by atoms with Crippen LogP contribution in [0.2, 0.25) is 0 Å². The van der Waals surface area contributed by atoms with Gasteiger partial charge >= 0.3 is 11.7 Å². The summed E-state index contributed by atoms with van der Waals surface area (Å²) in [7, 11) is 0. The summed E-state index contributed by atoms with van der Waals surface area (Å²) in [6.07, 6.45) is 6.96. The Kier molecular flexibility index (Phi) is 8.50. The molecule has 5 rings (SSSR count). The number of nitrogens with two attached hydrogens (primary N) is 2. The van der Waals surface area contributed by atoms with Crippen molar-refractivity contribution >= 4 is 40.6 Å². The second-order valence-electron chi connectivity index (χ2n) is 11.9. The molecule has 1 unspecified atom stereocenters. The number of halogens is 1. The molecule has 40 heavy (non-hydrogen) atoms. The van der Waals surface area contributed by atoms with Crippen LogP contribution < -0.4 is 22.5 Å². The number of urea groups is 1. The lowest BCUT2D eigenvalue weighted by Crippen LogP contribution is -2.58. The minimum Gasteiger partial charge on any atom is -0.338 e. The standard InChI is InChI=1S/C28H39IN8O3/c1-28(2,31)25(38)34-9-11-35(12-10-34)26(39)32-24-7-8-36(27(40)33-24)22-5-3-20-16-23(6-4-19(20)15-22)37(29)17-18-13-21(30)14-18/h3,5,7-8,15,18,21,23H,4,6,9-14,16-17,30-31H2,1-2H3,(H,32,33,39,40). The lowest BCUT2D eigenvalue weighted by atomic mass is 9.80. The van der Waals surface area contributed by atoms with Gasteiger partial charge in [0, 0.05) is 73.9 Å². The van der Waals surface area contributed by atoms with E-state index in [1.807, 2.05) is 6.07 Å². The third kappa shape index (κ3) is 6.50. The molecule has 12 heteroatoms. The third-order valence-electron chi connectivity index (χ3n) is 8.22. The molecule has 0 bridgehead atoms. The van der Waals surface area contributed by atoms with Gasteiger partial charge in [0.1, 0.15) is 5.82 Å². The van der Waals surface area contributed by atoms with Crippen molar-refractivity contribution in [1.82, 2.24) is 22.5 Å². The lowest BCUT2D eigenvalue weighted by molar-refractivity contribution is -0.137. The average molecular weight is 663 g/mol. The van der Waals surface area contributed by atoms with Crippen molar-refractivity contribution in [3.8, 4) is 5.69 Å². The van der Waals surface area contributed by atoms with Crippen LogP contribution in [0.3, 0.4) is 0 Å². The van der Waals surface area contributed by atoms with Gasteiger partial charge in [0.05, 0.1) is 11.2 Å². The largest absolute Gasteiger partial charge is 0.354 e.